The normalized spacial score (nSPS) is 15.2. The minimum atomic E-state index is -1.18. The van der Waals surface area contributed by atoms with Gasteiger partial charge in [0.05, 0.1) is 6.04 Å². The van der Waals surface area contributed by atoms with Gasteiger partial charge in [-0.1, -0.05) is 46.2 Å². The first kappa shape index (κ1) is 24.4. The Morgan fingerprint density at radius 2 is 1.55 bits per heavy atom. The van der Waals surface area contributed by atoms with Crippen LogP contribution in [0, 0.1) is 11.8 Å². The molecule has 0 aromatic heterocycles. The van der Waals surface area contributed by atoms with Gasteiger partial charge in [-0.3, -0.25) is 9.59 Å². The maximum absolute atomic E-state index is 12.8. The second-order valence-corrected chi connectivity index (χ2v) is 7.87. The molecule has 6 N–H and O–H groups in total. The lowest BCUT2D eigenvalue weighted by atomic mass is 9.97. The van der Waals surface area contributed by atoms with E-state index in [1.165, 1.54) is 12.1 Å². The zero-order chi connectivity index (χ0) is 22.1. The summed E-state index contributed by atoms with van der Waals surface area (Å²) in [7, 11) is 0. The van der Waals surface area contributed by atoms with Crippen LogP contribution in [0.1, 0.15) is 46.1 Å². The van der Waals surface area contributed by atoms with Gasteiger partial charge >= 0.3 is 5.97 Å². The van der Waals surface area contributed by atoms with Gasteiger partial charge in [-0.15, -0.1) is 0 Å². The van der Waals surface area contributed by atoms with Crippen molar-refractivity contribution in [2.45, 2.75) is 65.1 Å². The first-order valence-electron chi connectivity index (χ1n) is 9.92. The number of hydrogen-bond acceptors (Lipinski definition) is 5. The average molecular weight is 408 g/mol. The van der Waals surface area contributed by atoms with Gasteiger partial charge in [-0.25, -0.2) is 4.79 Å². The van der Waals surface area contributed by atoms with E-state index in [0.717, 1.165) is 6.42 Å². The molecule has 0 aliphatic carbocycles. The first-order chi connectivity index (χ1) is 13.5. The predicted molar refractivity (Wildman–Crippen MR) is 110 cm³/mol. The van der Waals surface area contributed by atoms with Gasteiger partial charge in [0.15, 0.2) is 0 Å². The van der Waals surface area contributed by atoms with E-state index in [-0.39, 0.29) is 24.0 Å². The number of hydrogen-bond donors (Lipinski definition) is 5. The lowest BCUT2D eigenvalue weighted by Crippen LogP contribution is -2.56. The quantitative estimate of drug-likeness (QED) is 0.375. The van der Waals surface area contributed by atoms with Crippen LogP contribution in [0.15, 0.2) is 24.3 Å². The van der Waals surface area contributed by atoms with Crippen molar-refractivity contribution in [3.63, 3.8) is 0 Å². The molecule has 8 nitrogen and oxygen atoms in total. The third-order valence-electron chi connectivity index (χ3n) is 4.89. The Hall–Kier alpha value is -2.61. The first-order valence-corrected chi connectivity index (χ1v) is 9.92. The van der Waals surface area contributed by atoms with Crippen molar-refractivity contribution in [1.29, 1.82) is 0 Å². The molecule has 0 fully saturated rings. The number of benzene rings is 1. The summed E-state index contributed by atoms with van der Waals surface area (Å²) in [5.41, 5.74) is 6.61. The molecule has 0 saturated heterocycles. The molecule has 29 heavy (non-hydrogen) atoms. The summed E-state index contributed by atoms with van der Waals surface area (Å²) in [4.78, 5) is 36.8. The second-order valence-electron chi connectivity index (χ2n) is 7.87. The maximum Gasteiger partial charge on any atom is 0.326 e. The van der Waals surface area contributed by atoms with Crippen LogP contribution >= 0.6 is 0 Å². The smallest absolute Gasteiger partial charge is 0.326 e. The third kappa shape index (κ3) is 8.11. The van der Waals surface area contributed by atoms with Crippen molar-refractivity contribution in [3.05, 3.63) is 29.8 Å². The number of amides is 2. The Balaban J connectivity index is 2.88. The third-order valence-corrected chi connectivity index (χ3v) is 4.89. The summed E-state index contributed by atoms with van der Waals surface area (Å²) in [6, 6.07) is 3.31. The van der Waals surface area contributed by atoms with E-state index in [4.69, 9.17) is 5.73 Å². The Morgan fingerprint density at radius 3 is 2.03 bits per heavy atom. The number of carbonyl (C=O) groups is 3. The standard InChI is InChI=1S/C21H33N3O5/c1-5-13(4)18(22)20(27)23-16(10-12(2)3)19(26)24-17(21(28)29)11-14-6-8-15(25)9-7-14/h6-9,12-13,16-18,25H,5,10-11,22H2,1-4H3,(H,23,27)(H,24,26)(H,28,29)/t13-,16-,17-,18-/m0/s1. The van der Waals surface area contributed by atoms with E-state index >= 15 is 0 Å². The topological polar surface area (TPSA) is 142 Å². The van der Waals surface area contributed by atoms with Crippen molar-refractivity contribution in [3.8, 4) is 5.75 Å². The fourth-order valence-electron chi connectivity index (χ4n) is 2.82. The zero-order valence-electron chi connectivity index (χ0n) is 17.5. The Kier molecular flexibility index (Phi) is 9.61. The summed E-state index contributed by atoms with van der Waals surface area (Å²) in [5.74, 6) is -2.04. The lowest BCUT2D eigenvalue weighted by Gasteiger charge is -2.25. The Labute approximate surface area is 171 Å². The van der Waals surface area contributed by atoms with E-state index < -0.39 is 35.9 Å². The van der Waals surface area contributed by atoms with Crippen LogP contribution in [0.25, 0.3) is 0 Å². The van der Waals surface area contributed by atoms with Crippen LogP contribution in [0.2, 0.25) is 0 Å². The van der Waals surface area contributed by atoms with Gasteiger partial charge in [0, 0.05) is 6.42 Å². The van der Waals surface area contributed by atoms with Crippen LogP contribution in [0.3, 0.4) is 0 Å². The second kappa shape index (κ2) is 11.4. The highest BCUT2D eigenvalue weighted by Crippen LogP contribution is 2.13. The number of carbonyl (C=O) groups excluding carboxylic acids is 2. The SMILES string of the molecule is CC[C@H](C)[C@H](N)C(=O)N[C@@H](CC(C)C)C(=O)N[C@@H](Cc1ccc(O)cc1)C(=O)O. The van der Waals surface area contributed by atoms with E-state index in [2.05, 4.69) is 10.6 Å². The molecule has 0 aliphatic rings. The molecule has 0 aliphatic heterocycles. The molecule has 2 amide bonds. The van der Waals surface area contributed by atoms with Gasteiger partial charge in [0.25, 0.3) is 0 Å². The minimum absolute atomic E-state index is 0.0426. The van der Waals surface area contributed by atoms with Gasteiger partial charge in [-0.05, 0) is 36.0 Å². The number of rotatable bonds is 11. The fraction of sp³-hybridized carbons (Fsp3) is 0.571. The highest BCUT2D eigenvalue weighted by molar-refractivity contribution is 5.91. The summed E-state index contributed by atoms with van der Waals surface area (Å²) in [6.07, 6.45) is 1.13. The average Bonchev–Trinajstić information content (AvgIpc) is 2.66. The zero-order valence-corrected chi connectivity index (χ0v) is 17.5. The highest BCUT2D eigenvalue weighted by atomic mass is 16.4. The summed E-state index contributed by atoms with van der Waals surface area (Å²) >= 11 is 0. The Bertz CT molecular complexity index is 690. The van der Waals surface area contributed by atoms with Gasteiger partial charge in [0.2, 0.25) is 11.8 Å². The molecule has 1 aromatic rings. The number of aromatic hydroxyl groups is 1. The van der Waals surface area contributed by atoms with Crippen LogP contribution in [-0.4, -0.2) is 46.1 Å². The molecular weight excluding hydrogens is 374 g/mol. The molecule has 0 unspecified atom stereocenters. The van der Waals surface area contributed by atoms with Crippen molar-refractivity contribution in [2.24, 2.45) is 17.6 Å². The highest BCUT2D eigenvalue weighted by Gasteiger charge is 2.29. The fourth-order valence-corrected chi connectivity index (χ4v) is 2.82. The lowest BCUT2D eigenvalue weighted by molar-refractivity contribution is -0.142. The number of phenolic OH excluding ortho intramolecular Hbond substituents is 1. The molecule has 1 rings (SSSR count). The molecule has 0 radical (unpaired) electrons. The molecule has 1 aromatic carbocycles. The monoisotopic (exact) mass is 407 g/mol. The Morgan fingerprint density at radius 1 is 1.00 bits per heavy atom. The van der Waals surface area contributed by atoms with E-state index in [1.807, 2.05) is 27.7 Å². The van der Waals surface area contributed by atoms with Crippen LogP contribution < -0.4 is 16.4 Å². The van der Waals surface area contributed by atoms with Crippen molar-refractivity contribution in [1.82, 2.24) is 10.6 Å². The molecule has 0 heterocycles. The van der Waals surface area contributed by atoms with Crippen molar-refractivity contribution in [2.75, 3.05) is 0 Å². The predicted octanol–water partition coefficient (Wildman–Crippen LogP) is 1.41. The summed E-state index contributed by atoms with van der Waals surface area (Å²) < 4.78 is 0. The molecular formula is C21H33N3O5. The largest absolute Gasteiger partial charge is 0.508 e. The van der Waals surface area contributed by atoms with Crippen molar-refractivity contribution >= 4 is 17.8 Å². The molecule has 0 saturated carbocycles. The number of carboxylic acid groups (broad SMARTS) is 1. The number of nitrogens with one attached hydrogen (secondary N) is 2. The number of carboxylic acids is 1. The maximum atomic E-state index is 12.8. The number of aliphatic carboxylic acids is 1. The molecule has 4 atom stereocenters. The van der Waals surface area contributed by atoms with Gasteiger partial charge < -0.3 is 26.6 Å². The van der Waals surface area contributed by atoms with Crippen LogP contribution in [0.5, 0.6) is 5.75 Å². The van der Waals surface area contributed by atoms with Crippen LogP contribution in [0.4, 0.5) is 0 Å². The minimum Gasteiger partial charge on any atom is -0.508 e. The van der Waals surface area contributed by atoms with Gasteiger partial charge in [-0.2, -0.15) is 0 Å². The summed E-state index contributed by atoms with van der Waals surface area (Å²) in [6.45, 7) is 7.61. The molecule has 0 spiro atoms. The summed E-state index contributed by atoms with van der Waals surface area (Å²) in [5, 5.41) is 24.0. The van der Waals surface area contributed by atoms with Crippen molar-refractivity contribution < 1.29 is 24.6 Å². The number of nitrogens with two attached hydrogens (primary N) is 1. The van der Waals surface area contributed by atoms with Crippen LogP contribution in [-0.2, 0) is 20.8 Å². The number of phenols is 1. The van der Waals surface area contributed by atoms with E-state index in [1.54, 1.807) is 12.1 Å². The molecule has 162 valence electrons. The molecule has 0 bridgehead atoms. The van der Waals surface area contributed by atoms with E-state index in [0.29, 0.717) is 12.0 Å². The molecule has 8 heteroatoms. The van der Waals surface area contributed by atoms with Gasteiger partial charge in [0.1, 0.15) is 17.8 Å². The van der Waals surface area contributed by atoms with E-state index in [9.17, 15) is 24.6 Å².